The number of carbonyl (C=O) groups excluding carboxylic acids is 1. The molecule has 0 radical (unpaired) electrons. The van der Waals surface area contributed by atoms with Crippen molar-refractivity contribution in [1.29, 1.82) is 0 Å². The van der Waals surface area contributed by atoms with Gasteiger partial charge in [-0.05, 0) is 5.56 Å². The molecule has 29 heavy (non-hydrogen) atoms. The highest BCUT2D eigenvalue weighted by molar-refractivity contribution is 5.97. The van der Waals surface area contributed by atoms with Gasteiger partial charge in [0.15, 0.2) is 11.5 Å². The molecule has 0 aliphatic carbocycles. The van der Waals surface area contributed by atoms with Gasteiger partial charge in [-0.2, -0.15) is 5.10 Å². The van der Waals surface area contributed by atoms with Crippen molar-refractivity contribution in [3.63, 3.8) is 0 Å². The largest absolute Gasteiger partial charge is 0.382 e. The predicted molar refractivity (Wildman–Crippen MR) is 106 cm³/mol. The number of rotatable bonds is 6. The van der Waals surface area contributed by atoms with E-state index in [0.717, 1.165) is 11.1 Å². The molecule has 1 fully saturated rings. The van der Waals surface area contributed by atoms with Crippen molar-refractivity contribution in [3.8, 4) is 11.3 Å². The quantitative estimate of drug-likeness (QED) is 0.644. The lowest BCUT2D eigenvalue weighted by Gasteiger charge is -2.20. The van der Waals surface area contributed by atoms with Crippen molar-refractivity contribution in [3.05, 3.63) is 60.2 Å². The van der Waals surface area contributed by atoms with Gasteiger partial charge in [0.1, 0.15) is 6.10 Å². The number of benzene rings is 1. The molecule has 1 aliphatic heterocycles. The molecule has 0 saturated carbocycles. The Morgan fingerprint density at radius 2 is 2.14 bits per heavy atom. The van der Waals surface area contributed by atoms with Crippen LogP contribution in [0, 0.1) is 0 Å². The van der Waals surface area contributed by atoms with E-state index in [1.807, 2.05) is 30.3 Å². The van der Waals surface area contributed by atoms with Gasteiger partial charge in [0.25, 0.3) is 5.91 Å². The zero-order chi connectivity index (χ0) is 20.2. The van der Waals surface area contributed by atoms with Crippen LogP contribution in [0.25, 0.3) is 11.3 Å². The Labute approximate surface area is 167 Å². The molecule has 9 nitrogen and oxygen atoms in total. The van der Waals surface area contributed by atoms with Gasteiger partial charge in [0.05, 0.1) is 44.0 Å². The number of aromatic nitrogens is 4. The number of hydrogen-bond acceptors (Lipinski definition) is 7. The second kappa shape index (κ2) is 8.38. The van der Waals surface area contributed by atoms with Gasteiger partial charge >= 0.3 is 0 Å². The summed E-state index contributed by atoms with van der Waals surface area (Å²) in [6.45, 7) is 1.22. The first-order chi connectivity index (χ1) is 14.1. The van der Waals surface area contributed by atoms with E-state index in [1.165, 1.54) is 6.20 Å². The second-order valence-electron chi connectivity index (χ2n) is 6.84. The number of aryl methyl sites for hydroxylation is 1. The predicted octanol–water partition coefficient (Wildman–Crippen LogP) is 1.17. The highest BCUT2D eigenvalue weighted by Crippen LogP contribution is 2.19. The molecule has 1 unspecified atom stereocenters. The standard InChI is InChI=1S/C20H22N6O3/c1-26-9-14(7-23-26)15-8-22-19(21)18(24-15)20(27)25-16-11-28-12-17(16)29-10-13-5-3-2-4-6-13/h2-9,16-17H,10-12H2,1H3,(H2,21,22)(H,25,27)/t16?,17-/m1/s1. The zero-order valence-corrected chi connectivity index (χ0v) is 16.0. The number of ether oxygens (including phenoxy) is 2. The number of nitrogens with two attached hydrogens (primary N) is 1. The Balaban J connectivity index is 1.44. The van der Waals surface area contributed by atoms with E-state index in [1.54, 1.807) is 24.1 Å². The number of nitrogen functional groups attached to an aromatic ring is 1. The lowest BCUT2D eigenvalue weighted by atomic mass is 10.2. The van der Waals surface area contributed by atoms with Crippen molar-refractivity contribution in [2.24, 2.45) is 7.05 Å². The van der Waals surface area contributed by atoms with E-state index in [4.69, 9.17) is 15.2 Å². The molecule has 4 rings (SSSR count). The van der Waals surface area contributed by atoms with Crippen LogP contribution in [0.5, 0.6) is 0 Å². The number of amides is 1. The van der Waals surface area contributed by atoms with Crippen LogP contribution in [-0.4, -0.2) is 51.0 Å². The fraction of sp³-hybridized carbons (Fsp3) is 0.300. The molecular formula is C20H22N6O3. The van der Waals surface area contributed by atoms with E-state index in [-0.39, 0.29) is 23.7 Å². The Morgan fingerprint density at radius 1 is 1.31 bits per heavy atom. The van der Waals surface area contributed by atoms with Crippen LogP contribution in [0.3, 0.4) is 0 Å². The summed E-state index contributed by atoms with van der Waals surface area (Å²) in [7, 11) is 1.80. The van der Waals surface area contributed by atoms with E-state index >= 15 is 0 Å². The second-order valence-corrected chi connectivity index (χ2v) is 6.84. The molecule has 1 aliphatic rings. The van der Waals surface area contributed by atoms with E-state index < -0.39 is 5.91 Å². The fourth-order valence-electron chi connectivity index (χ4n) is 3.11. The summed E-state index contributed by atoms with van der Waals surface area (Å²) in [5.41, 5.74) is 8.31. The van der Waals surface area contributed by atoms with Crippen molar-refractivity contribution in [2.45, 2.75) is 18.8 Å². The topological polar surface area (TPSA) is 117 Å². The smallest absolute Gasteiger partial charge is 0.274 e. The summed E-state index contributed by atoms with van der Waals surface area (Å²) in [6, 6.07) is 9.55. The molecule has 150 valence electrons. The minimum Gasteiger partial charge on any atom is -0.382 e. The van der Waals surface area contributed by atoms with E-state index in [0.29, 0.717) is 25.5 Å². The Kier molecular flexibility index (Phi) is 5.50. The number of anilines is 1. The third-order valence-corrected chi connectivity index (χ3v) is 4.67. The molecular weight excluding hydrogens is 372 g/mol. The van der Waals surface area contributed by atoms with Gasteiger partial charge in [-0.3, -0.25) is 9.48 Å². The first-order valence-electron chi connectivity index (χ1n) is 9.26. The molecule has 1 saturated heterocycles. The van der Waals surface area contributed by atoms with Gasteiger partial charge in [0, 0.05) is 18.8 Å². The third-order valence-electron chi connectivity index (χ3n) is 4.67. The van der Waals surface area contributed by atoms with Crippen LogP contribution in [0.15, 0.2) is 48.9 Å². The normalized spacial score (nSPS) is 18.7. The van der Waals surface area contributed by atoms with Crippen LogP contribution in [0.1, 0.15) is 16.1 Å². The zero-order valence-electron chi connectivity index (χ0n) is 16.0. The van der Waals surface area contributed by atoms with Gasteiger partial charge in [-0.25, -0.2) is 9.97 Å². The van der Waals surface area contributed by atoms with Crippen molar-refractivity contribution < 1.29 is 14.3 Å². The molecule has 3 heterocycles. The van der Waals surface area contributed by atoms with Crippen molar-refractivity contribution in [2.75, 3.05) is 18.9 Å². The maximum Gasteiger partial charge on any atom is 0.274 e. The summed E-state index contributed by atoms with van der Waals surface area (Å²) in [4.78, 5) is 21.3. The van der Waals surface area contributed by atoms with Crippen LogP contribution in [0.4, 0.5) is 5.82 Å². The van der Waals surface area contributed by atoms with Gasteiger partial charge < -0.3 is 20.5 Å². The molecule has 9 heteroatoms. The molecule has 1 amide bonds. The van der Waals surface area contributed by atoms with Gasteiger partial charge in [-0.15, -0.1) is 0 Å². The minimum absolute atomic E-state index is 0.0656. The Morgan fingerprint density at radius 3 is 2.90 bits per heavy atom. The van der Waals surface area contributed by atoms with E-state index in [2.05, 4.69) is 20.4 Å². The van der Waals surface area contributed by atoms with Gasteiger partial charge in [-0.1, -0.05) is 30.3 Å². The average Bonchev–Trinajstić information content (AvgIpc) is 3.36. The maximum atomic E-state index is 12.8. The first kappa shape index (κ1) is 19.0. The van der Waals surface area contributed by atoms with Crippen molar-refractivity contribution >= 4 is 11.7 Å². The number of hydrogen-bond donors (Lipinski definition) is 2. The van der Waals surface area contributed by atoms with Crippen LogP contribution < -0.4 is 11.1 Å². The van der Waals surface area contributed by atoms with Gasteiger partial charge in [0.2, 0.25) is 0 Å². The number of carbonyl (C=O) groups is 1. The maximum absolute atomic E-state index is 12.8. The molecule has 1 aromatic carbocycles. The summed E-state index contributed by atoms with van der Waals surface area (Å²) in [5.74, 6) is -0.347. The summed E-state index contributed by atoms with van der Waals surface area (Å²) in [5, 5.41) is 7.03. The van der Waals surface area contributed by atoms with Crippen LogP contribution >= 0.6 is 0 Å². The number of nitrogens with one attached hydrogen (secondary N) is 1. The average molecular weight is 394 g/mol. The fourth-order valence-corrected chi connectivity index (χ4v) is 3.11. The van der Waals surface area contributed by atoms with Crippen LogP contribution in [-0.2, 0) is 23.1 Å². The number of nitrogens with zero attached hydrogens (tertiary/aromatic N) is 4. The summed E-state index contributed by atoms with van der Waals surface area (Å²) >= 11 is 0. The lowest BCUT2D eigenvalue weighted by Crippen LogP contribution is -2.44. The molecule has 3 aromatic rings. The molecule has 3 N–H and O–H groups in total. The minimum atomic E-state index is -0.412. The SMILES string of the molecule is Cn1cc(-c2cnc(N)c(C(=O)NC3COC[C@H]3OCc3ccccc3)n2)cn1. The highest BCUT2D eigenvalue weighted by Gasteiger charge is 2.31. The Bertz CT molecular complexity index is 991. The summed E-state index contributed by atoms with van der Waals surface area (Å²) < 4.78 is 13.1. The summed E-state index contributed by atoms with van der Waals surface area (Å²) in [6.07, 6.45) is 4.71. The van der Waals surface area contributed by atoms with Crippen LogP contribution in [0.2, 0.25) is 0 Å². The first-order valence-corrected chi connectivity index (χ1v) is 9.26. The third kappa shape index (κ3) is 4.41. The molecule has 2 aromatic heterocycles. The van der Waals surface area contributed by atoms with Crippen molar-refractivity contribution in [1.82, 2.24) is 25.1 Å². The molecule has 0 spiro atoms. The molecule has 0 bridgehead atoms. The Hall–Kier alpha value is -3.30. The highest BCUT2D eigenvalue weighted by atomic mass is 16.5. The monoisotopic (exact) mass is 394 g/mol. The van der Waals surface area contributed by atoms with E-state index in [9.17, 15) is 4.79 Å². The molecule has 2 atom stereocenters. The lowest BCUT2D eigenvalue weighted by molar-refractivity contribution is 0.0218.